The van der Waals surface area contributed by atoms with Gasteiger partial charge in [0, 0.05) is 6.42 Å². The molecule has 2 N–H and O–H groups in total. The first kappa shape index (κ1) is 8.93. The standard InChI is InChI=1S/C9H10INO2/c10-6-2-3-7(11)9-8(6)12-4-1-5-13-9/h2-3H,1,4-5,11H2. The number of fused-ring (bicyclic) bond motifs is 1. The lowest BCUT2D eigenvalue weighted by Gasteiger charge is -2.10. The van der Waals surface area contributed by atoms with Gasteiger partial charge in [0.1, 0.15) is 0 Å². The van der Waals surface area contributed by atoms with E-state index in [1.165, 1.54) is 0 Å². The first-order valence-corrected chi connectivity index (χ1v) is 5.20. The molecule has 0 amide bonds. The summed E-state index contributed by atoms with van der Waals surface area (Å²) in [7, 11) is 0. The van der Waals surface area contributed by atoms with E-state index >= 15 is 0 Å². The molecule has 3 nitrogen and oxygen atoms in total. The Bertz CT molecular complexity index is 297. The molecule has 0 saturated heterocycles. The number of rotatable bonds is 0. The highest BCUT2D eigenvalue weighted by Gasteiger charge is 2.15. The average molecular weight is 291 g/mol. The van der Waals surface area contributed by atoms with E-state index in [1.54, 1.807) is 0 Å². The van der Waals surface area contributed by atoms with E-state index < -0.39 is 0 Å². The average Bonchev–Trinajstić information content (AvgIpc) is 2.37. The molecule has 1 aromatic rings. The van der Waals surface area contributed by atoms with Crippen LogP contribution in [-0.4, -0.2) is 13.2 Å². The van der Waals surface area contributed by atoms with Crippen LogP contribution in [0.2, 0.25) is 0 Å². The van der Waals surface area contributed by atoms with Crippen LogP contribution in [0.4, 0.5) is 5.69 Å². The predicted octanol–water partition coefficient (Wildman–Crippen LogP) is 2.03. The van der Waals surface area contributed by atoms with E-state index in [0.717, 1.165) is 15.7 Å². The number of nitrogen functional groups attached to an aromatic ring is 1. The topological polar surface area (TPSA) is 44.5 Å². The highest BCUT2D eigenvalue weighted by molar-refractivity contribution is 14.1. The molecular formula is C9H10INO2. The van der Waals surface area contributed by atoms with Gasteiger partial charge in [-0.15, -0.1) is 0 Å². The molecule has 1 aromatic carbocycles. The van der Waals surface area contributed by atoms with Crippen LogP contribution in [-0.2, 0) is 0 Å². The lowest BCUT2D eigenvalue weighted by atomic mass is 10.3. The van der Waals surface area contributed by atoms with Crippen LogP contribution in [0.1, 0.15) is 6.42 Å². The van der Waals surface area contributed by atoms with Gasteiger partial charge in [0.15, 0.2) is 11.5 Å². The summed E-state index contributed by atoms with van der Waals surface area (Å²) in [6, 6.07) is 3.78. The molecule has 0 radical (unpaired) electrons. The van der Waals surface area contributed by atoms with Crippen molar-refractivity contribution in [2.75, 3.05) is 18.9 Å². The van der Waals surface area contributed by atoms with Crippen molar-refractivity contribution in [2.24, 2.45) is 0 Å². The van der Waals surface area contributed by atoms with E-state index in [2.05, 4.69) is 22.6 Å². The summed E-state index contributed by atoms with van der Waals surface area (Å²) in [5.41, 5.74) is 6.42. The van der Waals surface area contributed by atoms with Gasteiger partial charge in [0.25, 0.3) is 0 Å². The first-order valence-electron chi connectivity index (χ1n) is 4.12. The second-order valence-electron chi connectivity index (χ2n) is 2.85. The smallest absolute Gasteiger partial charge is 0.185 e. The highest BCUT2D eigenvalue weighted by Crippen LogP contribution is 2.38. The molecule has 0 spiro atoms. The van der Waals surface area contributed by atoms with Gasteiger partial charge in [-0.05, 0) is 34.7 Å². The maximum absolute atomic E-state index is 5.77. The summed E-state index contributed by atoms with van der Waals surface area (Å²) in [6.45, 7) is 1.38. The van der Waals surface area contributed by atoms with Gasteiger partial charge in [0.05, 0.1) is 22.5 Å². The van der Waals surface area contributed by atoms with Crippen molar-refractivity contribution >= 4 is 28.3 Å². The molecule has 1 aliphatic rings. The summed E-state index contributed by atoms with van der Waals surface area (Å²) in [6.07, 6.45) is 0.907. The van der Waals surface area contributed by atoms with Crippen molar-refractivity contribution in [3.63, 3.8) is 0 Å². The van der Waals surface area contributed by atoms with Crippen molar-refractivity contribution in [3.05, 3.63) is 15.7 Å². The van der Waals surface area contributed by atoms with E-state index in [1.807, 2.05) is 12.1 Å². The third-order valence-corrected chi connectivity index (χ3v) is 2.73. The minimum atomic E-state index is 0.650. The SMILES string of the molecule is Nc1ccc(I)c2c1OCCCO2. The van der Waals surface area contributed by atoms with Gasteiger partial charge in [-0.1, -0.05) is 0 Å². The number of halogens is 1. The molecule has 0 atom stereocenters. The van der Waals surface area contributed by atoms with Crippen molar-refractivity contribution in [1.82, 2.24) is 0 Å². The Balaban J connectivity index is 2.50. The maximum atomic E-state index is 5.77. The number of hydrogen-bond acceptors (Lipinski definition) is 3. The summed E-state index contributed by atoms with van der Waals surface area (Å²) in [5.74, 6) is 1.49. The van der Waals surface area contributed by atoms with Gasteiger partial charge in [-0.25, -0.2) is 0 Å². The molecule has 13 heavy (non-hydrogen) atoms. The second kappa shape index (κ2) is 3.61. The number of benzene rings is 1. The van der Waals surface area contributed by atoms with Gasteiger partial charge in [-0.3, -0.25) is 0 Å². The summed E-state index contributed by atoms with van der Waals surface area (Å²) in [5, 5.41) is 0. The van der Waals surface area contributed by atoms with Crippen molar-refractivity contribution in [1.29, 1.82) is 0 Å². The monoisotopic (exact) mass is 291 g/mol. The van der Waals surface area contributed by atoms with E-state index in [0.29, 0.717) is 24.7 Å². The number of ether oxygens (including phenoxy) is 2. The Kier molecular flexibility index (Phi) is 2.48. The molecular weight excluding hydrogens is 281 g/mol. The minimum Gasteiger partial charge on any atom is -0.488 e. The molecule has 70 valence electrons. The molecule has 1 heterocycles. The fourth-order valence-corrected chi connectivity index (χ4v) is 1.83. The summed E-state index contributed by atoms with van der Waals surface area (Å²) in [4.78, 5) is 0. The molecule has 0 aromatic heterocycles. The van der Waals surface area contributed by atoms with Crippen LogP contribution in [0.15, 0.2) is 12.1 Å². The van der Waals surface area contributed by atoms with E-state index in [-0.39, 0.29) is 0 Å². The summed E-state index contributed by atoms with van der Waals surface area (Å²) >= 11 is 2.22. The Morgan fingerprint density at radius 2 is 1.85 bits per heavy atom. The number of nitrogens with two attached hydrogens (primary N) is 1. The lowest BCUT2D eigenvalue weighted by molar-refractivity contribution is 0.296. The molecule has 1 aliphatic heterocycles. The Morgan fingerprint density at radius 3 is 2.62 bits per heavy atom. The van der Waals surface area contributed by atoms with Crippen molar-refractivity contribution in [2.45, 2.75) is 6.42 Å². The van der Waals surface area contributed by atoms with Crippen LogP contribution in [0.5, 0.6) is 11.5 Å². The minimum absolute atomic E-state index is 0.650. The Labute approximate surface area is 90.3 Å². The fraction of sp³-hybridized carbons (Fsp3) is 0.333. The van der Waals surface area contributed by atoms with Gasteiger partial charge in [0.2, 0.25) is 0 Å². The normalized spacial score (nSPS) is 15.2. The van der Waals surface area contributed by atoms with Crippen molar-refractivity contribution in [3.8, 4) is 11.5 Å². The quantitative estimate of drug-likeness (QED) is 0.587. The molecule has 0 fully saturated rings. The number of anilines is 1. The molecule has 4 heteroatoms. The zero-order valence-electron chi connectivity index (χ0n) is 7.05. The molecule has 0 unspecified atom stereocenters. The third kappa shape index (κ3) is 1.67. The number of hydrogen-bond donors (Lipinski definition) is 1. The maximum Gasteiger partial charge on any atom is 0.185 e. The molecule has 0 saturated carbocycles. The molecule has 0 aliphatic carbocycles. The zero-order chi connectivity index (χ0) is 9.26. The van der Waals surface area contributed by atoms with Gasteiger partial charge in [-0.2, -0.15) is 0 Å². The van der Waals surface area contributed by atoms with Crippen LogP contribution >= 0.6 is 22.6 Å². The highest BCUT2D eigenvalue weighted by atomic mass is 127. The first-order chi connectivity index (χ1) is 6.29. The van der Waals surface area contributed by atoms with Crippen molar-refractivity contribution < 1.29 is 9.47 Å². The van der Waals surface area contributed by atoms with Crippen LogP contribution in [0.25, 0.3) is 0 Å². The summed E-state index contributed by atoms with van der Waals surface area (Å²) < 4.78 is 12.1. The van der Waals surface area contributed by atoms with Gasteiger partial charge < -0.3 is 15.2 Å². The van der Waals surface area contributed by atoms with E-state index in [4.69, 9.17) is 15.2 Å². The van der Waals surface area contributed by atoms with Gasteiger partial charge >= 0.3 is 0 Å². The lowest BCUT2D eigenvalue weighted by Crippen LogP contribution is -1.98. The van der Waals surface area contributed by atoms with Crippen LogP contribution < -0.4 is 15.2 Å². The zero-order valence-corrected chi connectivity index (χ0v) is 9.21. The second-order valence-corrected chi connectivity index (χ2v) is 4.01. The van der Waals surface area contributed by atoms with Crippen LogP contribution in [0.3, 0.4) is 0 Å². The third-order valence-electron chi connectivity index (χ3n) is 1.88. The molecule has 0 bridgehead atoms. The predicted molar refractivity (Wildman–Crippen MR) is 59.2 cm³/mol. The Morgan fingerprint density at radius 1 is 1.15 bits per heavy atom. The Hall–Kier alpha value is -0.650. The largest absolute Gasteiger partial charge is 0.488 e. The van der Waals surface area contributed by atoms with Crippen LogP contribution in [0, 0.1) is 3.57 Å². The van der Waals surface area contributed by atoms with E-state index in [9.17, 15) is 0 Å². The fourth-order valence-electron chi connectivity index (χ4n) is 1.24. The molecule has 2 rings (SSSR count).